The second-order valence-corrected chi connectivity index (χ2v) is 4.40. The number of rotatable bonds is 5. The summed E-state index contributed by atoms with van der Waals surface area (Å²) in [5, 5.41) is 0.634. The van der Waals surface area contributed by atoms with Crippen LogP contribution >= 0.6 is 11.6 Å². The lowest BCUT2D eigenvalue weighted by Crippen LogP contribution is -2.24. The quantitative estimate of drug-likeness (QED) is 0.863. The van der Waals surface area contributed by atoms with E-state index in [1.807, 2.05) is 39.1 Å². The van der Waals surface area contributed by atoms with Gasteiger partial charge >= 0.3 is 0 Å². The summed E-state index contributed by atoms with van der Waals surface area (Å²) in [4.78, 5) is 2.06. The fraction of sp³-hybridized carbons (Fsp3) is 0.500. The van der Waals surface area contributed by atoms with Gasteiger partial charge in [0.05, 0.1) is 11.1 Å². The van der Waals surface area contributed by atoms with Gasteiger partial charge in [-0.1, -0.05) is 11.6 Å². The van der Waals surface area contributed by atoms with Crippen LogP contribution in [0.2, 0.25) is 5.02 Å². The van der Waals surface area contributed by atoms with Gasteiger partial charge in [0.15, 0.2) is 0 Å². The van der Waals surface area contributed by atoms with Gasteiger partial charge in [0, 0.05) is 25.8 Å². The van der Waals surface area contributed by atoms with Crippen molar-refractivity contribution in [2.75, 3.05) is 25.0 Å². The molecule has 0 saturated carbocycles. The van der Waals surface area contributed by atoms with Crippen molar-refractivity contribution in [1.82, 2.24) is 0 Å². The first-order valence-corrected chi connectivity index (χ1v) is 5.79. The topological polar surface area (TPSA) is 38.5 Å². The summed E-state index contributed by atoms with van der Waals surface area (Å²) in [7, 11) is 1.99. The maximum absolute atomic E-state index is 6.13. The fourth-order valence-corrected chi connectivity index (χ4v) is 1.62. The van der Waals surface area contributed by atoms with Crippen LogP contribution in [-0.2, 0) is 0 Å². The standard InChI is InChI=1S/C12H19ClN2O/c1-9(2)16-12-5-4-10(8-11(12)13)15(3)7-6-14/h4-5,8-9H,6-7,14H2,1-3H3. The van der Waals surface area contributed by atoms with Crippen LogP contribution in [0.5, 0.6) is 5.75 Å². The Kier molecular flexibility index (Phi) is 4.90. The third-order valence-electron chi connectivity index (χ3n) is 2.18. The highest BCUT2D eigenvalue weighted by atomic mass is 35.5. The van der Waals surface area contributed by atoms with E-state index >= 15 is 0 Å². The first-order valence-electron chi connectivity index (χ1n) is 5.42. The monoisotopic (exact) mass is 242 g/mol. The van der Waals surface area contributed by atoms with Crippen molar-refractivity contribution in [3.05, 3.63) is 23.2 Å². The Morgan fingerprint density at radius 1 is 1.44 bits per heavy atom. The first-order chi connectivity index (χ1) is 7.54. The fourth-order valence-electron chi connectivity index (χ4n) is 1.40. The van der Waals surface area contributed by atoms with Gasteiger partial charge in [0.25, 0.3) is 0 Å². The molecule has 2 N–H and O–H groups in total. The second-order valence-electron chi connectivity index (χ2n) is 3.99. The second kappa shape index (κ2) is 5.97. The predicted molar refractivity (Wildman–Crippen MR) is 69.5 cm³/mol. The van der Waals surface area contributed by atoms with Crippen LogP contribution in [0, 0.1) is 0 Å². The normalized spacial score (nSPS) is 10.6. The number of benzene rings is 1. The average molecular weight is 243 g/mol. The summed E-state index contributed by atoms with van der Waals surface area (Å²) >= 11 is 6.13. The average Bonchev–Trinajstić information content (AvgIpc) is 2.20. The molecule has 0 radical (unpaired) electrons. The molecule has 0 unspecified atom stereocenters. The van der Waals surface area contributed by atoms with Crippen molar-refractivity contribution in [2.24, 2.45) is 5.73 Å². The van der Waals surface area contributed by atoms with Crippen molar-refractivity contribution in [3.8, 4) is 5.75 Å². The zero-order valence-electron chi connectivity index (χ0n) is 10.0. The Morgan fingerprint density at radius 2 is 2.12 bits per heavy atom. The molecule has 0 spiro atoms. The third-order valence-corrected chi connectivity index (χ3v) is 2.48. The van der Waals surface area contributed by atoms with Crippen LogP contribution in [0.1, 0.15) is 13.8 Å². The van der Waals surface area contributed by atoms with Gasteiger partial charge in [-0.2, -0.15) is 0 Å². The third kappa shape index (κ3) is 3.58. The van der Waals surface area contributed by atoms with Crippen molar-refractivity contribution < 1.29 is 4.74 Å². The summed E-state index contributed by atoms with van der Waals surface area (Å²) in [6, 6.07) is 5.78. The lowest BCUT2D eigenvalue weighted by molar-refractivity contribution is 0.242. The molecule has 90 valence electrons. The number of hydrogen-bond donors (Lipinski definition) is 1. The molecule has 1 aromatic rings. The minimum atomic E-state index is 0.130. The SMILES string of the molecule is CC(C)Oc1ccc(N(C)CCN)cc1Cl. The predicted octanol–water partition coefficient (Wildman–Crippen LogP) is 2.52. The van der Waals surface area contributed by atoms with Crippen molar-refractivity contribution in [3.63, 3.8) is 0 Å². The molecule has 0 saturated heterocycles. The van der Waals surface area contributed by atoms with Crippen LogP contribution in [0.25, 0.3) is 0 Å². The molecular weight excluding hydrogens is 224 g/mol. The Bertz CT molecular complexity index is 342. The number of likely N-dealkylation sites (N-methyl/N-ethyl adjacent to an activating group) is 1. The summed E-state index contributed by atoms with van der Waals surface area (Å²) in [5.41, 5.74) is 6.55. The Labute approximate surface area is 102 Å². The molecule has 0 heterocycles. The number of ether oxygens (including phenoxy) is 1. The maximum atomic E-state index is 6.13. The largest absolute Gasteiger partial charge is 0.489 e. The molecule has 0 amide bonds. The van der Waals surface area contributed by atoms with Crippen LogP contribution in [-0.4, -0.2) is 26.2 Å². The number of hydrogen-bond acceptors (Lipinski definition) is 3. The lowest BCUT2D eigenvalue weighted by atomic mass is 10.2. The van der Waals surface area contributed by atoms with E-state index in [-0.39, 0.29) is 6.10 Å². The minimum absolute atomic E-state index is 0.130. The van der Waals surface area contributed by atoms with E-state index in [4.69, 9.17) is 22.1 Å². The Hall–Kier alpha value is -0.930. The molecule has 0 aliphatic heterocycles. The van der Waals surface area contributed by atoms with Crippen LogP contribution in [0.4, 0.5) is 5.69 Å². The van der Waals surface area contributed by atoms with Gasteiger partial charge in [0.1, 0.15) is 5.75 Å². The van der Waals surface area contributed by atoms with E-state index < -0.39 is 0 Å². The summed E-state index contributed by atoms with van der Waals surface area (Å²) in [6.45, 7) is 5.38. The maximum Gasteiger partial charge on any atom is 0.138 e. The lowest BCUT2D eigenvalue weighted by Gasteiger charge is -2.19. The van der Waals surface area contributed by atoms with Crippen LogP contribution in [0.15, 0.2) is 18.2 Å². The highest BCUT2D eigenvalue weighted by Crippen LogP contribution is 2.29. The van der Waals surface area contributed by atoms with E-state index in [2.05, 4.69) is 4.90 Å². The smallest absolute Gasteiger partial charge is 0.138 e. The van der Waals surface area contributed by atoms with Crippen molar-refractivity contribution >= 4 is 17.3 Å². The summed E-state index contributed by atoms with van der Waals surface area (Å²) in [6.07, 6.45) is 0.130. The molecule has 16 heavy (non-hydrogen) atoms. The molecule has 4 heteroatoms. The number of anilines is 1. The van der Waals surface area contributed by atoms with Crippen molar-refractivity contribution in [1.29, 1.82) is 0 Å². The number of halogens is 1. The first kappa shape index (κ1) is 13.1. The summed E-state index contributed by atoms with van der Waals surface area (Å²) in [5.74, 6) is 0.724. The Morgan fingerprint density at radius 3 is 2.62 bits per heavy atom. The molecule has 0 aliphatic rings. The zero-order chi connectivity index (χ0) is 12.1. The molecule has 0 bridgehead atoms. The molecular formula is C12H19ClN2O. The minimum Gasteiger partial charge on any atom is -0.489 e. The van der Waals surface area contributed by atoms with E-state index in [9.17, 15) is 0 Å². The molecule has 0 atom stereocenters. The van der Waals surface area contributed by atoms with Gasteiger partial charge in [-0.3, -0.25) is 0 Å². The zero-order valence-corrected chi connectivity index (χ0v) is 10.8. The van der Waals surface area contributed by atoms with Gasteiger partial charge in [0.2, 0.25) is 0 Å². The molecule has 1 aromatic carbocycles. The molecule has 0 aromatic heterocycles. The highest BCUT2D eigenvalue weighted by Gasteiger charge is 2.07. The van der Waals surface area contributed by atoms with E-state index in [0.717, 1.165) is 18.0 Å². The number of nitrogens with two attached hydrogens (primary N) is 1. The van der Waals surface area contributed by atoms with Crippen LogP contribution in [0.3, 0.4) is 0 Å². The molecule has 0 aliphatic carbocycles. The van der Waals surface area contributed by atoms with Gasteiger partial charge in [-0.15, -0.1) is 0 Å². The van der Waals surface area contributed by atoms with Gasteiger partial charge in [-0.25, -0.2) is 0 Å². The highest BCUT2D eigenvalue weighted by molar-refractivity contribution is 6.32. The number of nitrogens with zero attached hydrogens (tertiary/aromatic N) is 1. The van der Waals surface area contributed by atoms with Gasteiger partial charge < -0.3 is 15.4 Å². The van der Waals surface area contributed by atoms with E-state index in [1.54, 1.807) is 0 Å². The van der Waals surface area contributed by atoms with E-state index in [0.29, 0.717) is 11.6 Å². The Balaban J connectivity index is 2.82. The summed E-state index contributed by atoms with van der Waals surface area (Å²) < 4.78 is 5.56. The van der Waals surface area contributed by atoms with Crippen LogP contribution < -0.4 is 15.4 Å². The van der Waals surface area contributed by atoms with Gasteiger partial charge in [-0.05, 0) is 32.0 Å². The molecule has 0 fully saturated rings. The molecule has 1 rings (SSSR count). The molecule has 3 nitrogen and oxygen atoms in total. The van der Waals surface area contributed by atoms with E-state index in [1.165, 1.54) is 0 Å². The van der Waals surface area contributed by atoms with Crippen molar-refractivity contribution in [2.45, 2.75) is 20.0 Å².